The minimum Gasteiger partial charge on any atom is -0.383 e. The number of aryl methyl sites for hydroxylation is 2. The Labute approximate surface area is 99.4 Å². The second-order valence-corrected chi connectivity index (χ2v) is 4.70. The number of nitrogen functional groups attached to an aromatic ring is 1. The van der Waals surface area contributed by atoms with Crippen molar-refractivity contribution in [2.45, 2.75) is 27.2 Å². The summed E-state index contributed by atoms with van der Waals surface area (Å²) in [5, 5.41) is 2.05. The third-order valence-corrected chi connectivity index (χ3v) is 3.68. The van der Waals surface area contributed by atoms with Crippen LogP contribution in [0.2, 0.25) is 0 Å². The first-order valence-corrected chi connectivity index (χ1v) is 6.19. The van der Waals surface area contributed by atoms with E-state index in [1.165, 1.54) is 5.56 Å². The third kappa shape index (κ3) is 1.80. The van der Waals surface area contributed by atoms with Gasteiger partial charge in [0.15, 0.2) is 5.82 Å². The Morgan fingerprint density at radius 3 is 2.56 bits per heavy atom. The Hall–Kier alpha value is -1.42. The fourth-order valence-electron chi connectivity index (χ4n) is 1.76. The van der Waals surface area contributed by atoms with Crippen molar-refractivity contribution in [1.82, 2.24) is 9.97 Å². The summed E-state index contributed by atoms with van der Waals surface area (Å²) in [5.74, 6) is 1.36. The van der Waals surface area contributed by atoms with Gasteiger partial charge in [-0.05, 0) is 37.3 Å². The van der Waals surface area contributed by atoms with Crippen LogP contribution in [0.1, 0.15) is 23.7 Å². The molecule has 0 aliphatic heterocycles. The molecule has 0 radical (unpaired) electrons. The number of rotatable bonds is 2. The average molecular weight is 233 g/mol. The van der Waals surface area contributed by atoms with Gasteiger partial charge in [0.1, 0.15) is 5.82 Å². The third-order valence-electron chi connectivity index (χ3n) is 2.66. The van der Waals surface area contributed by atoms with Crippen LogP contribution in [0.15, 0.2) is 11.4 Å². The first-order chi connectivity index (χ1) is 7.63. The first-order valence-electron chi connectivity index (χ1n) is 5.31. The second kappa shape index (κ2) is 4.22. The van der Waals surface area contributed by atoms with Crippen molar-refractivity contribution < 1.29 is 0 Å². The maximum Gasteiger partial charge on any atom is 0.172 e. The highest BCUT2D eigenvalue weighted by atomic mass is 32.1. The minimum atomic E-state index is 0.609. The molecule has 2 aromatic heterocycles. The minimum absolute atomic E-state index is 0.609. The Bertz CT molecular complexity index is 494. The topological polar surface area (TPSA) is 51.8 Å². The molecule has 0 bridgehead atoms. The SMILES string of the molecule is CCc1c(C)nc(-c2sccc2C)nc1N. The number of thiophene rings is 1. The molecule has 0 spiro atoms. The molecule has 0 atom stereocenters. The number of hydrogen-bond acceptors (Lipinski definition) is 4. The molecule has 3 nitrogen and oxygen atoms in total. The fraction of sp³-hybridized carbons (Fsp3) is 0.333. The lowest BCUT2D eigenvalue weighted by atomic mass is 10.1. The summed E-state index contributed by atoms with van der Waals surface area (Å²) >= 11 is 1.65. The summed E-state index contributed by atoms with van der Waals surface area (Å²) in [6, 6.07) is 2.07. The standard InChI is InChI=1S/C12H15N3S/c1-4-9-8(3)14-12(15-11(9)13)10-7(2)5-6-16-10/h5-6H,4H2,1-3H3,(H2,13,14,15). The molecular formula is C12H15N3S. The molecule has 0 saturated carbocycles. The molecular weight excluding hydrogens is 218 g/mol. The molecule has 0 unspecified atom stereocenters. The molecule has 16 heavy (non-hydrogen) atoms. The van der Waals surface area contributed by atoms with Crippen LogP contribution < -0.4 is 5.73 Å². The molecule has 0 aliphatic carbocycles. The van der Waals surface area contributed by atoms with Gasteiger partial charge in [-0.15, -0.1) is 11.3 Å². The number of aromatic nitrogens is 2. The van der Waals surface area contributed by atoms with E-state index < -0.39 is 0 Å². The first kappa shape index (κ1) is 11.1. The molecule has 2 aromatic rings. The van der Waals surface area contributed by atoms with Gasteiger partial charge in [-0.1, -0.05) is 6.92 Å². The Morgan fingerprint density at radius 1 is 1.31 bits per heavy atom. The lowest BCUT2D eigenvalue weighted by Crippen LogP contribution is -2.04. The van der Waals surface area contributed by atoms with Crippen molar-refractivity contribution in [2.24, 2.45) is 0 Å². The predicted octanol–water partition coefficient (Wildman–Crippen LogP) is 2.97. The van der Waals surface area contributed by atoms with Crippen LogP contribution in [0.25, 0.3) is 10.7 Å². The quantitative estimate of drug-likeness (QED) is 0.867. The van der Waals surface area contributed by atoms with Crippen molar-refractivity contribution in [3.05, 3.63) is 28.3 Å². The molecule has 84 valence electrons. The maximum absolute atomic E-state index is 5.94. The molecule has 0 aliphatic rings. The van der Waals surface area contributed by atoms with Crippen molar-refractivity contribution in [2.75, 3.05) is 5.73 Å². The van der Waals surface area contributed by atoms with Crippen LogP contribution >= 0.6 is 11.3 Å². The van der Waals surface area contributed by atoms with Crippen LogP contribution in [0.4, 0.5) is 5.82 Å². The molecule has 0 aromatic carbocycles. The smallest absolute Gasteiger partial charge is 0.172 e. The highest BCUT2D eigenvalue weighted by molar-refractivity contribution is 7.13. The van der Waals surface area contributed by atoms with Crippen LogP contribution in [0, 0.1) is 13.8 Å². The number of anilines is 1. The summed E-state index contributed by atoms with van der Waals surface area (Å²) in [5.41, 5.74) is 9.18. The Balaban J connectivity index is 2.57. The molecule has 0 amide bonds. The van der Waals surface area contributed by atoms with E-state index in [0.717, 1.165) is 28.4 Å². The molecule has 0 saturated heterocycles. The van der Waals surface area contributed by atoms with Crippen molar-refractivity contribution >= 4 is 17.2 Å². The van der Waals surface area contributed by atoms with E-state index in [9.17, 15) is 0 Å². The molecule has 2 rings (SSSR count). The predicted molar refractivity (Wildman–Crippen MR) is 68.6 cm³/mol. The van der Waals surface area contributed by atoms with E-state index in [2.05, 4.69) is 29.9 Å². The summed E-state index contributed by atoms with van der Waals surface area (Å²) in [7, 11) is 0. The van der Waals surface area contributed by atoms with Crippen LogP contribution in [0.5, 0.6) is 0 Å². The van der Waals surface area contributed by atoms with Gasteiger partial charge in [0.2, 0.25) is 0 Å². The van der Waals surface area contributed by atoms with Gasteiger partial charge < -0.3 is 5.73 Å². The lowest BCUT2D eigenvalue weighted by Gasteiger charge is -2.08. The summed E-state index contributed by atoms with van der Waals surface area (Å²) in [4.78, 5) is 10.0. The zero-order valence-corrected chi connectivity index (χ0v) is 10.6. The van der Waals surface area contributed by atoms with Crippen molar-refractivity contribution in [3.63, 3.8) is 0 Å². The van der Waals surface area contributed by atoms with E-state index in [-0.39, 0.29) is 0 Å². The monoisotopic (exact) mass is 233 g/mol. The van der Waals surface area contributed by atoms with Gasteiger partial charge >= 0.3 is 0 Å². The van der Waals surface area contributed by atoms with Crippen molar-refractivity contribution in [1.29, 1.82) is 0 Å². The van der Waals surface area contributed by atoms with Gasteiger partial charge in [-0.3, -0.25) is 0 Å². The van der Waals surface area contributed by atoms with Gasteiger partial charge in [-0.25, -0.2) is 9.97 Å². The molecule has 2 N–H and O–H groups in total. The Morgan fingerprint density at radius 2 is 2.06 bits per heavy atom. The van der Waals surface area contributed by atoms with E-state index in [0.29, 0.717) is 5.82 Å². The molecule has 2 heterocycles. The number of nitrogens with two attached hydrogens (primary N) is 1. The number of nitrogens with zero attached hydrogens (tertiary/aromatic N) is 2. The van der Waals surface area contributed by atoms with Crippen LogP contribution in [0.3, 0.4) is 0 Å². The van der Waals surface area contributed by atoms with Gasteiger partial charge in [-0.2, -0.15) is 0 Å². The zero-order chi connectivity index (χ0) is 11.7. The summed E-state index contributed by atoms with van der Waals surface area (Å²) in [6.07, 6.45) is 0.876. The second-order valence-electron chi connectivity index (χ2n) is 3.78. The fourth-order valence-corrected chi connectivity index (χ4v) is 2.62. The number of hydrogen-bond donors (Lipinski definition) is 1. The normalized spacial score (nSPS) is 10.7. The van der Waals surface area contributed by atoms with E-state index in [1.807, 2.05) is 12.3 Å². The lowest BCUT2D eigenvalue weighted by molar-refractivity contribution is 1.01. The van der Waals surface area contributed by atoms with E-state index >= 15 is 0 Å². The van der Waals surface area contributed by atoms with E-state index in [4.69, 9.17) is 5.73 Å². The molecule has 4 heteroatoms. The largest absolute Gasteiger partial charge is 0.383 e. The van der Waals surface area contributed by atoms with Crippen molar-refractivity contribution in [3.8, 4) is 10.7 Å². The average Bonchev–Trinajstić information content (AvgIpc) is 2.64. The van der Waals surface area contributed by atoms with Gasteiger partial charge in [0, 0.05) is 11.3 Å². The van der Waals surface area contributed by atoms with Gasteiger partial charge in [0.05, 0.1) is 4.88 Å². The Kier molecular flexibility index (Phi) is 2.92. The highest BCUT2D eigenvalue weighted by Gasteiger charge is 2.11. The summed E-state index contributed by atoms with van der Waals surface area (Å²) < 4.78 is 0. The summed E-state index contributed by atoms with van der Waals surface area (Å²) in [6.45, 7) is 6.12. The van der Waals surface area contributed by atoms with Crippen LogP contribution in [-0.2, 0) is 6.42 Å². The van der Waals surface area contributed by atoms with Crippen LogP contribution in [-0.4, -0.2) is 9.97 Å². The highest BCUT2D eigenvalue weighted by Crippen LogP contribution is 2.28. The van der Waals surface area contributed by atoms with Gasteiger partial charge in [0.25, 0.3) is 0 Å². The molecule has 0 fully saturated rings. The van der Waals surface area contributed by atoms with E-state index in [1.54, 1.807) is 11.3 Å². The zero-order valence-electron chi connectivity index (χ0n) is 9.74. The maximum atomic E-state index is 5.94.